The summed E-state index contributed by atoms with van der Waals surface area (Å²) in [4.78, 5) is 26.7. The number of benzene rings is 1. The van der Waals surface area contributed by atoms with E-state index in [1.807, 2.05) is 19.0 Å². The Morgan fingerprint density at radius 1 is 1.30 bits per heavy atom. The Balaban J connectivity index is 2.39. The third-order valence-corrected chi connectivity index (χ3v) is 3.63. The van der Waals surface area contributed by atoms with Crippen LogP contribution in [0.5, 0.6) is 0 Å². The largest absolute Gasteiger partial charge is 0.367 e. The highest BCUT2D eigenvalue weighted by Crippen LogP contribution is 2.10. The van der Waals surface area contributed by atoms with Crippen molar-refractivity contribution in [3.63, 3.8) is 0 Å². The van der Waals surface area contributed by atoms with Crippen molar-refractivity contribution in [2.24, 2.45) is 0 Å². The Hall–Kier alpha value is -3.07. The summed E-state index contributed by atoms with van der Waals surface area (Å²) in [6.45, 7) is 4.52. The van der Waals surface area contributed by atoms with E-state index in [1.54, 1.807) is 0 Å². The fourth-order valence-electron chi connectivity index (χ4n) is 2.29. The van der Waals surface area contributed by atoms with Crippen LogP contribution in [0.1, 0.15) is 15.9 Å². The summed E-state index contributed by atoms with van der Waals surface area (Å²) in [7, 11) is 3.81. The number of anilines is 1. The van der Waals surface area contributed by atoms with Crippen molar-refractivity contribution in [1.29, 1.82) is 0 Å². The highest BCUT2D eigenvalue weighted by Gasteiger charge is 2.15. The van der Waals surface area contributed by atoms with Gasteiger partial charge in [-0.3, -0.25) is 9.59 Å². The van der Waals surface area contributed by atoms with E-state index >= 15 is 0 Å². The zero-order valence-electron chi connectivity index (χ0n) is 15.1. The molecule has 0 fully saturated rings. The minimum atomic E-state index is -1.02. The second-order valence-corrected chi connectivity index (χ2v) is 6.06. The van der Waals surface area contributed by atoms with Gasteiger partial charge in [0.1, 0.15) is 11.4 Å². The number of nitrogens with zero attached hydrogens (tertiary/aromatic N) is 3. The number of halogens is 2. The predicted molar refractivity (Wildman–Crippen MR) is 98.7 cm³/mol. The second kappa shape index (κ2) is 9.04. The molecule has 2 rings (SSSR count). The highest BCUT2D eigenvalue weighted by atomic mass is 19.2. The van der Waals surface area contributed by atoms with Gasteiger partial charge in [-0.25, -0.2) is 13.5 Å². The fraction of sp³-hybridized carbons (Fsp3) is 0.278. The van der Waals surface area contributed by atoms with Crippen LogP contribution in [0, 0.1) is 11.6 Å². The van der Waals surface area contributed by atoms with Gasteiger partial charge in [0, 0.05) is 19.2 Å². The number of nitrogens with one attached hydrogen (secondary N) is 2. The van der Waals surface area contributed by atoms with Crippen LogP contribution in [0.15, 0.2) is 41.8 Å². The molecule has 144 valence electrons. The van der Waals surface area contributed by atoms with Gasteiger partial charge in [0.05, 0.1) is 6.54 Å². The van der Waals surface area contributed by atoms with Crippen LogP contribution >= 0.6 is 0 Å². The molecule has 9 heteroatoms. The smallest absolute Gasteiger partial charge is 0.280 e. The van der Waals surface area contributed by atoms with Gasteiger partial charge in [0.25, 0.3) is 11.5 Å². The molecule has 1 aromatic heterocycles. The minimum absolute atomic E-state index is 0.117. The molecule has 0 aliphatic heterocycles. The van der Waals surface area contributed by atoms with Gasteiger partial charge in [0.2, 0.25) is 0 Å². The molecular weight excluding hydrogens is 356 g/mol. The zero-order chi connectivity index (χ0) is 20.0. The van der Waals surface area contributed by atoms with Crippen molar-refractivity contribution < 1.29 is 13.6 Å². The molecule has 0 aliphatic rings. The van der Waals surface area contributed by atoms with Gasteiger partial charge in [-0.2, -0.15) is 5.10 Å². The lowest BCUT2D eigenvalue weighted by Crippen LogP contribution is -2.33. The summed E-state index contributed by atoms with van der Waals surface area (Å²) in [5.74, 6) is -2.32. The average Bonchev–Trinajstić information content (AvgIpc) is 2.60. The second-order valence-electron chi connectivity index (χ2n) is 6.06. The molecule has 2 aromatic rings. The summed E-state index contributed by atoms with van der Waals surface area (Å²) in [6.07, 6.45) is 1.17. The van der Waals surface area contributed by atoms with E-state index in [0.717, 1.165) is 16.8 Å². The van der Waals surface area contributed by atoms with E-state index < -0.39 is 23.1 Å². The molecule has 0 saturated carbocycles. The SMILES string of the molecule is C=CNC(=O)c1cc(NCCN(C)C)nn(Cc2ccc(F)c(F)c2)c1=O. The number of hydrogen-bond acceptors (Lipinski definition) is 5. The Morgan fingerprint density at radius 3 is 2.67 bits per heavy atom. The van der Waals surface area contributed by atoms with E-state index in [2.05, 4.69) is 22.3 Å². The van der Waals surface area contributed by atoms with Crippen molar-refractivity contribution in [3.05, 3.63) is 70.2 Å². The molecule has 0 unspecified atom stereocenters. The lowest BCUT2D eigenvalue weighted by molar-refractivity contribution is 0.0968. The van der Waals surface area contributed by atoms with E-state index in [9.17, 15) is 18.4 Å². The van der Waals surface area contributed by atoms with Crippen LogP contribution in [0.2, 0.25) is 0 Å². The van der Waals surface area contributed by atoms with Crippen LogP contribution < -0.4 is 16.2 Å². The first-order chi connectivity index (χ1) is 12.8. The van der Waals surface area contributed by atoms with E-state index in [0.29, 0.717) is 24.5 Å². The number of carbonyl (C=O) groups excluding carboxylic acids is 1. The number of carbonyl (C=O) groups is 1. The van der Waals surface area contributed by atoms with Gasteiger partial charge >= 0.3 is 0 Å². The fourth-order valence-corrected chi connectivity index (χ4v) is 2.29. The minimum Gasteiger partial charge on any atom is -0.367 e. The Labute approximate surface area is 155 Å². The summed E-state index contributed by atoms with van der Waals surface area (Å²) in [6, 6.07) is 4.65. The number of hydrogen-bond donors (Lipinski definition) is 2. The monoisotopic (exact) mass is 377 g/mol. The van der Waals surface area contributed by atoms with Gasteiger partial charge in [-0.1, -0.05) is 12.6 Å². The Morgan fingerprint density at radius 2 is 2.04 bits per heavy atom. The van der Waals surface area contributed by atoms with Crippen molar-refractivity contribution in [2.45, 2.75) is 6.54 Å². The van der Waals surface area contributed by atoms with Gasteiger partial charge in [0.15, 0.2) is 11.6 Å². The molecule has 0 spiro atoms. The molecule has 7 nitrogen and oxygen atoms in total. The summed E-state index contributed by atoms with van der Waals surface area (Å²) in [5, 5.41) is 9.56. The summed E-state index contributed by atoms with van der Waals surface area (Å²) in [5.41, 5.74) is -0.457. The molecule has 2 N–H and O–H groups in total. The van der Waals surface area contributed by atoms with E-state index in [-0.39, 0.29) is 12.1 Å². The maximum absolute atomic E-state index is 13.4. The molecule has 1 heterocycles. The molecule has 1 amide bonds. The van der Waals surface area contributed by atoms with E-state index in [1.165, 1.54) is 18.3 Å². The Bertz CT molecular complexity index is 896. The molecular formula is C18H21F2N5O2. The molecule has 0 atom stereocenters. The zero-order valence-corrected chi connectivity index (χ0v) is 15.1. The van der Waals surface area contributed by atoms with Crippen LogP contribution in [-0.2, 0) is 6.54 Å². The van der Waals surface area contributed by atoms with Crippen molar-refractivity contribution >= 4 is 11.7 Å². The molecule has 0 saturated heterocycles. The van der Waals surface area contributed by atoms with Crippen LogP contribution in [0.25, 0.3) is 0 Å². The third kappa shape index (κ3) is 5.45. The first kappa shape index (κ1) is 20.2. The molecule has 0 aliphatic carbocycles. The summed E-state index contributed by atoms with van der Waals surface area (Å²) < 4.78 is 27.6. The number of amides is 1. The normalized spacial score (nSPS) is 10.7. The van der Waals surface area contributed by atoms with Crippen molar-refractivity contribution in [3.8, 4) is 0 Å². The maximum Gasteiger partial charge on any atom is 0.280 e. The predicted octanol–water partition coefficient (Wildman–Crippen LogP) is 1.42. The van der Waals surface area contributed by atoms with Crippen molar-refractivity contribution in [2.75, 3.05) is 32.5 Å². The average molecular weight is 377 g/mol. The maximum atomic E-state index is 13.4. The van der Waals surface area contributed by atoms with Crippen LogP contribution in [0.3, 0.4) is 0 Å². The molecule has 0 radical (unpaired) electrons. The number of likely N-dealkylation sites (N-methyl/N-ethyl adjacent to an activating group) is 1. The molecule has 0 bridgehead atoms. The topological polar surface area (TPSA) is 79.3 Å². The first-order valence-corrected chi connectivity index (χ1v) is 8.18. The Kier molecular flexibility index (Phi) is 6.78. The highest BCUT2D eigenvalue weighted by molar-refractivity contribution is 5.95. The lowest BCUT2D eigenvalue weighted by atomic mass is 10.2. The quantitative estimate of drug-likeness (QED) is 0.727. The molecule has 27 heavy (non-hydrogen) atoms. The van der Waals surface area contributed by atoms with Gasteiger partial charge in [-0.15, -0.1) is 0 Å². The lowest BCUT2D eigenvalue weighted by Gasteiger charge is -2.13. The standard InChI is InChI=1S/C18H21F2N5O2/c1-4-21-17(26)13-10-16(22-7-8-24(2)3)23-25(18(13)27)11-12-5-6-14(19)15(20)9-12/h4-6,9-10H,1,7-8,11H2,2-3H3,(H,21,26)(H,22,23). The van der Waals surface area contributed by atoms with E-state index in [4.69, 9.17) is 0 Å². The van der Waals surface area contributed by atoms with Crippen molar-refractivity contribution in [1.82, 2.24) is 20.0 Å². The van der Waals surface area contributed by atoms with Crippen LogP contribution in [-0.4, -0.2) is 47.8 Å². The van der Waals surface area contributed by atoms with Gasteiger partial charge in [-0.05, 0) is 38.0 Å². The number of aromatic nitrogens is 2. The first-order valence-electron chi connectivity index (χ1n) is 8.18. The summed E-state index contributed by atoms with van der Waals surface area (Å²) >= 11 is 0. The number of rotatable bonds is 8. The van der Waals surface area contributed by atoms with Crippen LogP contribution in [0.4, 0.5) is 14.6 Å². The van der Waals surface area contributed by atoms with Gasteiger partial charge < -0.3 is 15.5 Å². The third-order valence-electron chi connectivity index (χ3n) is 3.63. The molecule has 1 aromatic carbocycles.